The first-order valence-corrected chi connectivity index (χ1v) is 6.37. The summed E-state index contributed by atoms with van der Waals surface area (Å²) in [5.41, 5.74) is 1.39. The number of carbonyl (C=O) groups is 1. The Morgan fingerprint density at radius 1 is 1.22 bits per heavy atom. The quantitative estimate of drug-likeness (QED) is 0.413. The zero-order valence-corrected chi connectivity index (χ0v) is 10.7. The highest BCUT2D eigenvalue weighted by Crippen LogP contribution is 2.03. The summed E-state index contributed by atoms with van der Waals surface area (Å²) in [5, 5.41) is 3.24. The van der Waals surface area contributed by atoms with Crippen molar-refractivity contribution in [1.29, 1.82) is 0 Å². The minimum Gasteiger partial charge on any atom is -0.461 e. The Bertz CT molecular complexity index is 349. The topological polar surface area (TPSA) is 38.3 Å². The Morgan fingerprint density at radius 3 is 2.72 bits per heavy atom. The van der Waals surface area contributed by atoms with Crippen LogP contribution in [0.25, 0.3) is 0 Å². The van der Waals surface area contributed by atoms with E-state index in [1.165, 1.54) is 18.1 Å². The van der Waals surface area contributed by atoms with E-state index in [-0.39, 0.29) is 5.97 Å². The van der Waals surface area contributed by atoms with Gasteiger partial charge in [-0.15, -0.1) is 0 Å². The van der Waals surface area contributed by atoms with Crippen LogP contribution in [0.5, 0.6) is 0 Å². The van der Waals surface area contributed by atoms with E-state index in [1.807, 2.05) is 6.07 Å². The summed E-state index contributed by atoms with van der Waals surface area (Å²) < 4.78 is 4.85. The van der Waals surface area contributed by atoms with E-state index in [9.17, 15) is 4.79 Å². The predicted octanol–water partition coefficient (Wildman–Crippen LogP) is 2.33. The molecule has 0 spiro atoms. The number of nitrogens with one attached hydrogen (secondary N) is 1. The van der Waals surface area contributed by atoms with E-state index in [1.54, 1.807) is 0 Å². The third kappa shape index (κ3) is 6.86. The van der Waals surface area contributed by atoms with Crippen LogP contribution < -0.4 is 5.32 Å². The lowest BCUT2D eigenvalue weighted by Crippen LogP contribution is -2.22. The molecule has 0 atom stereocenters. The van der Waals surface area contributed by atoms with Crippen molar-refractivity contribution < 1.29 is 9.53 Å². The highest BCUT2D eigenvalue weighted by Gasteiger charge is 1.95. The van der Waals surface area contributed by atoms with Crippen LogP contribution >= 0.6 is 0 Å². The van der Waals surface area contributed by atoms with Crippen LogP contribution in [-0.4, -0.2) is 25.7 Å². The maximum atomic E-state index is 10.7. The molecule has 0 aliphatic heterocycles. The van der Waals surface area contributed by atoms with Crippen LogP contribution in [0.3, 0.4) is 0 Å². The average molecular weight is 247 g/mol. The van der Waals surface area contributed by atoms with E-state index < -0.39 is 0 Å². The Kier molecular flexibility index (Phi) is 7.57. The highest BCUT2D eigenvalue weighted by molar-refractivity contribution is 5.81. The maximum absolute atomic E-state index is 10.7. The Hall–Kier alpha value is -1.61. The molecule has 0 amide bonds. The van der Waals surface area contributed by atoms with E-state index in [2.05, 4.69) is 36.2 Å². The van der Waals surface area contributed by atoms with Crippen LogP contribution in [0.2, 0.25) is 0 Å². The number of benzene rings is 1. The molecule has 0 aromatic heterocycles. The molecule has 18 heavy (non-hydrogen) atoms. The minimum absolute atomic E-state index is 0.360. The van der Waals surface area contributed by atoms with E-state index in [0.29, 0.717) is 13.2 Å². The van der Waals surface area contributed by atoms with E-state index >= 15 is 0 Å². The standard InChI is InChI=1S/C15H21NO2/c1-2-15(17)18-13-12-16-11-7-6-10-14-8-4-3-5-9-14/h2-5,8-9,16H,1,6-7,10-13H2. The molecule has 0 heterocycles. The number of esters is 1. The lowest BCUT2D eigenvalue weighted by atomic mass is 10.1. The van der Waals surface area contributed by atoms with Gasteiger partial charge in [-0.05, 0) is 31.4 Å². The number of aryl methyl sites for hydroxylation is 1. The van der Waals surface area contributed by atoms with Crippen molar-refractivity contribution in [2.24, 2.45) is 0 Å². The molecule has 3 heteroatoms. The van der Waals surface area contributed by atoms with Crippen LogP contribution in [0.15, 0.2) is 43.0 Å². The molecule has 1 N–H and O–H groups in total. The van der Waals surface area contributed by atoms with E-state index in [0.717, 1.165) is 19.4 Å². The highest BCUT2D eigenvalue weighted by atomic mass is 16.5. The maximum Gasteiger partial charge on any atom is 0.330 e. The van der Waals surface area contributed by atoms with Crippen LogP contribution in [0.4, 0.5) is 0 Å². The molecule has 0 saturated carbocycles. The second kappa shape index (κ2) is 9.42. The first-order valence-electron chi connectivity index (χ1n) is 6.37. The summed E-state index contributed by atoms with van der Waals surface area (Å²) in [6.07, 6.45) is 4.60. The fourth-order valence-electron chi connectivity index (χ4n) is 1.63. The van der Waals surface area contributed by atoms with Crippen molar-refractivity contribution in [3.8, 4) is 0 Å². The van der Waals surface area contributed by atoms with Gasteiger partial charge in [-0.1, -0.05) is 36.9 Å². The third-order valence-corrected chi connectivity index (χ3v) is 2.60. The second-order valence-corrected chi connectivity index (χ2v) is 4.06. The Balaban J connectivity index is 1.90. The average Bonchev–Trinajstić information content (AvgIpc) is 2.42. The van der Waals surface area contributed by atoms with Gasteiger partial charge in [0.15, 0.2) is 0 Å². The van der Waals surface area contributed by atoms with Gasteiger partial charge in [0.2, 0.25) is 0 Å². The van der Waals surface area contributed by atoms with Gasteiger partial charge in [0, 0.05) is 12.6 Å². The molecular formula is C15H21NO2. The van der Waals surface area contributed by atoms with Gasteiger partial charge in [0.1, 0.15) is 6.61 Å². The molecule has 0 aliphatic carbocycles. The first kappa shape index (κ1) is 14.5. The summed E-state index contributed by atoms with van der Waals surface area (Å²) in [6.45, 7) is 5.40. The van der Waals surface area contributed by atoms with Crippen LogP contribution in [-0.2, 0) is 16.0 Å². The van der Waals surface area contributed by atoms with Crippen molar-refractivity contribution >= 4 is 5.97 Å². The number of hydrogen-bond donors (Lipinski definition) is 1. The smallest absolute Gasteiger partial charge is 0.330 e. The summed E-state index contributed by atoms with van der Waals surface area (Å²) in [6, 6.07) is 10.5. The molecular weight excluding hydrogens is 226 g/mol. The molecule has 1 rings (SSSR count). The van der Waals surface area contributed by atoms with Crippen LogP contribution in [0.1, 0.15) is 18.4 Å². The van der Waals surface area contributed by atoms with Gasteiger partial charge in [-0.3, -0.25) is 0 Å². The number of ether oxygens (including phenoxy) is 1. The van der Waals surface area contributed by atoms with Gasteiger partial charge in [-0.25, -0.2) is 4.79 Å². The fraction of sp³-hybridized carbons (Fsp3) is 0.400. The second-order valence-electron chi connectivity index (χ2n) is 4.06. The predicted molar refractivity (Wildman–Crippen MR) is 73.4 cm³/mol. The number of hydrogen-bond acceptors (Lipinski definition) is 3. The van der Waals surface area contributed by atoms with Crippen LogP contribution in [0, 0.1) is 0 Å². The first-order chi connectivity index (χ1) is 8.83. The van der Waals surface area contributed by atoms with Crippen molar-refractivity contribution in [3.63, 3.8) is 0 Å². The molecule has 0 bridgehead atoms. The normalized spacial score (nSPS) is 10.0. The summed E-state index contributed by atoms with van der Waals surface area (Å²) >= 11 is 0. The zero-order valence-electron chi connectivity index (χ0n) is 10.7. The summed E-state index contributed by atoms with van der Waals surface area (Å²) in [7, 11) is 0. The third-order valence-electron chi connectivity index (χ3n) is 2.60. The molecule has 0 saturated heterocycles. The summed E-state index contributed by atoms with van der Waals surface area (Å²) in [4.78, 5) is 10.7. The Labute approximate surface area is 109 Å². The number of rotatable bonds is 9. The number of unbranched alkanes of at least 4 members (excludes halogenated alkanes) is 1. The van der Waals surface area contributed by atoms with Crippen molar-refractivity contribution in [1.82, 2.24) is 5.32 Å². The van der Waals surface area contributed by atoms with Crippen molar-refractivity contribution in [2.75, 3.05) is 19.7 Å². The SMILES string of the molecule is C=CC(=O)OCCNCCCCc1ccccc1. The minimum atomic E-state index is -0.360. The zero-order chi connectivity index (χ0) is 13.1. The van der Waals surface area contributed by atoms with Gasteiger partial charge in [0.05, 0.1) is 0 Å². The molecule has 0 aliphatic rings. The fourth-order valence-corrected chi connectivity index (χ4v) is 1.63. The van der Waals surface area contributed by atoms with Gasteiger partial charge in [0.25, 0.3) is 0 Å². The molecule has 1 aromatic rings. The molecule has 98 valence electrons. The molecule has 3 nitrogen and oxygen atoms in total. The van der Waals surface area contributed by atoms with Crippen molar-refractivity contribution in [3.05, 3.63) is 48.6 Å². The van der Waals surface area contributed by atoms with Gasteiger partial charge >= 0.3 is 5.97 Å². The van der Waals surface area contributed by atoms with Gasteiger partial charge < -0.3 is 10.1 Å². The van der Waals surface area contributed by atoms with Crippen molar-refractivity contribution in [2.45, 2.75) is 19.3 Å². The lowest BCUT2D eigenvalue weighted by Gasteiger charge is -2.05. The number of carbonyl (C=O) groups excluding carboxylic acids is 1. The van der Waals surface area contributed by atoms with E-state index in [4.69, 9.17) is 4.74 Å². The van der Waals surface area contributed by atoms with Gasteiger partial charge in [-0.2, -0.15) is 0 Å². The summed E-state index contributed by atoms with van der Waals surface area (Å²) in [5.74, 6) is -0.360. The molecule has 0 fully saturated rings. The monoisotopic (exact) mass is 247 g/mol. The molecule has 1 aromatic carbocycles. The lowest BCUT2D eigenvalue weighted by molar-refractivity contribution is -0.137. The molecule has 0 radical (unpaired) electrons. The Morgan fingerprint density at radius 2 is 2.00 bits per heavy atom. The molecule has 0 unspecified atom stereocenters. The largest absolute Gasteiger partial charge is 0.461 e.